The largest absolute Gasteiger partial charge is 0.378 e. The molecule has 0 saturated carbocycles. The summed E-state index contributed by atoms with van der Waals surface area (Å²) in [7, 11) is 3.99. The summed E-state index contributed by atoms with van der Waals surface area (Å²) in [5, 5.41) is 0. The Labute approximate surface area is 101 Å². The van der Waals surface area contributed by atoms with Gasteiger partial charge in [-0.2, -0.15) is 0 Å². The van der Waals surface area contributed by atoms with Crippen molar-refractivity contribution in [2.45, 2.75) is 0 Å². The van der Waals surface area contributed by atoms with Gasteiger partial charge in [0.15, 0.2) is 6.29 Å². The van der Waals surface area contributed by atoms with Crippen LogP contribution < -0.4 is 4.90 Å². The number of hydrogen-bond donors (Lipinski definition) is 0. The molecule has 2 aromatic rings. The minimum Gasteiger partial charge on any atom is -0.378 e. The molecule has 0 aliphatic carbocycles. The fraction of sp³-hybridized carbons (Fsp3) is 0.143. The monoisotopic (exact) mass is 226 g/mol. The van der Waals surface area contributed by atoms with E-state index in [2.05, 4.69) is 11.1 Å². The van der Waals surface area contributed by atoms with Crippen molar-refractivity contribution < 1.29 is 4.79 Å². The van der Waals surface area contributed by atoms with Crippen molar-refractivity contribution in [1.29, 1.82) is 0 Å². The molecular weight excluding hydrogens is 212 g/mol. The van der Waals surface area contributed by atoms with E-state index < -0.39 is 0 Å². The van der Waals surface area contributed by atoms with Gasteiger partial charge in [-0.15, -0.1) is 0 Å². The minimum atomic E-state index is 0.456. The van der Waals surface area contributed by atoms with Gasteiger partial charge in [0, 0.05) is 25.3 Å². The summed E-state index contributed by atoms with van der Waals surface area (Å²) in [5.41, 5.74) is 3.40. The molecule has 0 aliphatic heterocycles. The van der Waals surface area contributed by atoms with Gasteiger partial charge in [0.1, 0.15) is 5.69 Å². The van der Waals surface area contributed by atoms with Crippen molar-refractivity contribution in [2.75, 3.05) is 19.0 Å². The average Bonchev–Trinajstić information content (AvgIpc) is 2.39. The van der Waals surface area contributed by atoms with Gasteiger partial charge in [-0.25, -0.2) is 4.98 Å². The Balaban J connectivity index is 2.45. The number of carbonyl (C=O) groups excluding carboxylic acids is 1. The van der Waals surface area contributed by atoms with Crippen LogP contribution in [0.5, 0.6) is 0 Å². The van der Waals surface area contributed by atoms with E-state index in [4.69, 9.17) is 0 Å². The summed E-state index contributed by atoms with van der Waals surface area (Å²) >= 11 is 0. The fourth-order valence-corrected chi connectivity index (χ4v) is 1.62. The molecule has 1 aromatic carbocycles. The molecular formula is C14H14N2O. The first-order chi connectivity index (χ1) is 8.20. The van der Waals surface area contributed by atoms with E-state index in [1.807, 2.05) is 49.3 Å². The molecule has 0 atom stereocenters. The molecule has 0 spiro atoms. The molecule has 3 nitrogen and oxygen atoms in total. The zero-order valence-corrected chi connectivity index (χ0v) is 9.92. The summed E-state index contributed by atoms with van der Waals surface area (Å²) in [6.07, 6.45) is 0.763. The predicted molar refractivity (Wildman–Crippen MR) is 69.4 cm³/mol. The summed E-state index contributed by atoms with van der Waals surface area (Å²) in [5.74, 6) is 0. The van der Waals surface area contributed by atoms with Gasteiger partial charge in [0.05, 0.1) is 5.69 Å². The number of benzene rings is 1. The van der Waals surface area contributed by atoms with Crippen LogP contribution in [0.25, 0.3) is 11.3 Å². The van der Waals surface area contributed by atoms with E-state index in [9.17, 15) is 4.79 Å². The Morgan fingerprint density at radius 2 is 1.88 bits per heavy atom. The van der Waals surface area contributed by atoms with Crippen molar-refractivity contribution in [3.63, 3.8) is 0 Å². The minimum absolute atomic E-state index is 0.456. The number of carbonyl (C=O) groups is 1. The van der Waals surface area contributed by atoms with Crippen LogP contribution in [0.15, 0.2) is 42.5 Å². The second-order valence-electron chi connectivity index (χ2n) is 4.01. The van der Waals surface area contributed by atoms with Crippen molar-refractivity contribution in [3.05, 3.63) is 48.2 Å². The third-order valence-electron chi connectivity index (χ3n) is 2.55. The van der Waals surface area contributed by atoms with Crippen molar-refractivity contribution in [1.82, 2.24) is 4.98 Å². The van der Waals surface area contributed by atoms with Gasteiger partial charge < -0.3 is 4.90 Å². The molecule has 0 aliphatic rings. The van der Waals surface area contributed by atoms with Gasteiger partial charge in [-0.3, -0.25) is 4.79 Å². The number of pyridine rings is 1. The van der Waals surface area contributed by atoms with E-state index in [1.165, 1.54) is 0 Å². The smallest absolute Gasteiger partial charge is 0.168 e. The summed E-state index contributed by atoms with van der Waals surface area (Å²) in [4.78, 5) is 17.0. The zero-order valence-electron chi connectivity index (χ0n) is 9.92. The maximum Gasteiger partial charge on any atom is 0.168 e. The third-order valence-corrected chi connectivity index (χ3v) is 2.55. The number of rotatable bonds is 3. The van der Waals surface area contributed by atoms with Crippen LogP contribution in [0.2, 0.25) is 0 Å². The quantitative estimate of drug-likeness (QED) is 0.754. The molecule has 1 aromatic heterocycles. The summed E-state index contributed by atoms with van der Waals surface area (Å²) < 4.78 is 0. The molecule has 0 amide bonds. The highest BCUT2D eigenvalue weighted by Crippen LogP contribution is 2.22. The molecule has 1 heterocycles. The van der Waals surface area contributed by atoms with Gasteiger partial charge >= 0.3 is 0 Å². The van der Waals surface area contributed by atoms with Crippen LogP contribution in [0.4, 0.5) is 5.69 Å². The zero-order chi connectivity index (χ0) is 12.3. The van der Waals surface area contributed by atoms with E-state index >= 15 is 0 Å². The highest BCUT2D eigenvalue weighted by molar-refractivity contribution is 5.74. The van der Waals surface area contributed by atoms with Crippen LogP contribution in [-0.2, 0) is 0 Å². The average molecular weight is 226 g/mol. The summed E-state index contributed by atoms with van der Waals surface area (Å²) in [6.45, 7) is 0. The second-order valence-corrected chi connectivity index (χ2v) is 4.01. The standard InChI is InChI=1S/C14H14N2O/c1-16(2)13-7-3-5-11(9-13)14-8-4-6-12(10-17)15-14/h3-10H,1-2H3. The van der Waals surface area contributed by atoms with Crippen LogP contribution in [0.3, 0.4) is 0 Å². The Kier molecular flexibility index (Phi) is 3.19. The van der Waals surface area contributed by atoms with Gasteiger partial charge in [0.25, 0.3) is 0 Å². The van der Waals surface area contributed by atoms with Crippen LogP contribution >= 0.6 is 0 Å². The second kappa shape index (κ2) is 4.78. The van der Waals surface area contributed by atoms with E-state index in [1.54, 1.807) is 6.07 Å². The van der Waals surface area contributed by atoms with Gasteiger partial charge in [0.2, 0.25) is 0 Å². The van der Waals surface area contributed by atoms with Gasteiger partial charge in [-0.05, 0) is 24.3 Å². The number of hydrogen-bond acceptors (Lipinski definition) is 3. The Morgan fingerprint density at radius 1 is 1.12 bits per heavy atom. The lowest BCUT2D eigenvalue weighted by Crippen LogP contribution is -2.08. The predicted octanol–water partition coefficient (Wildman–Crippen LogP) is 2.63. The lowest BCUT2D eigenvalue weighted by Gasteiger charge is -2.13. The lowest BCUT2D eigenvalue weighted by atomic mass is 10.1. The van der Waals surface area contributed by atoms with E-state index in [0.29, 0.717) is 5.69 Å². The van der Waals surface area contributed by atoms with Crippen LogP contribution in [-0.4, -0.2) is 25.4 Å². The number of anilines is 1. The Hall–Kier alpha value is -2.16. The SMILES string of the molecule is CN(C)c1cccc(-c2cccc(C=O)n2)c1. The summed E-state index contributed by atoms with van der Waals surface area (Å²) in [6, 6.07) is 13.5. The normalized spacial score (nSPS) is 10.0. The Bertz CT molecular complexity index is 535. The first-order valence-corrected chi connectivity index (χ1v) is 5.41. The molecule has 2 rings (SSSR count). The highest BCUT2D eigenvalue weighted by Gasteiger charge is 2.02. The first-order valence-electron chi connectivity index (χ1n) is 5.41. The third kappa shape index (κ3) is 2.50. The molecule has 0 bridgehead atoms. The Morgan fingerprint density at radius 3 is 2.59 bits per heavy atom. The lowest BCUT2D eigenvalue weighted by molar-refractivity contribution is 0.111. The molecule has 0 radical (unpaired) electrons. The van der Waals surface area contributed by atoms with E-state index in [-0.39, 0.29) is 0 Å². The van der Waals surface area contributed by atoms with Crippen LogP contribution in [0, 0.1) is 0 Å². The molecule has 3 heteroatoms. The van der Waals surface area contributed by atoms with Crippen molar-refractivity contribution >= 4 is 12.0 Å². The maximum atomic E-state index is 10.7. The first kappa shape index (κ1) is 11.3. The van der Waals surface area contributed by atoms with Crippen LogP contribution in [0.1, 0.15) is 10.5 Å². The molecule has 0 unspecified atom stereocenters. The number of aldehydes is 1. The van der Waals surface area contributed by atoms with Crippen molar-refractivity contribution in [3.8, 4) is 11.3 Å². The van der Waals surface area contributed by atoms with Gasteiger partial charge in [-0.1, -0.05) is 18.2 Å². The molecule has 0 saturated heterocycles. The molecule has 17 heavy (non-hydrogen) atoms. The molecule has 0 fully saturated rings. The molecule has 0 N–H and O–H groups in total. The highest BCUT2D eigenvalue weighted by atomic mass is 16.1. The van der Waals surface area contributed by atoms with E-state index in [0.717, 1.165) is 23.2 Å². The number of aromatic nitrogens is 1. The fourth-order valence-electron chi connectivity index (χ4n) is 1.62. The molecule has 86 valence electrons. The number of nitrogens with zero attached hydrogens (tertiary/aromatic N) is 2. The topological polar surface area (TPSA) is 33.2 Å². The maximum absolute atomic E-state index is 10.7. The van der Waals surface area contributed by atoms with Crippen molar-refractivity contribution in [2.24, 2.45) is 0 Å².